The van der Waals surface area contributed by atoms with Gasteiger partial charge in [-0.15, -0.1) is 0 Å². The summed E-state index contributed by atoms with van der Waals surface area (Å²) >= 11 is 0. The van der Waals surface area contributed by atoms with Gasteiger partial charge in [-0.1, -0.05) is 164 Å². The monoisotopic (exact) mass is 661 g/mol. The Hall–Kier alpha value is -6.97. The predicted octanol–water partition coefficient (Wildman–Crippen LogP) is 12.7. The molecule has 0 fully saturated rings. The minimum absolute atomic E-state index is 0.643. The first kappa shape index (κ1) is 29.9. The molecule has 0 amide bonds. The van der Waals surface area contributed by atoms with E-state index < -0.39 is 0 Å². The van der Waals surface area contributed by atoms with Crippen LogP contribution in [0, 0.1) is 0 Å². The molecular weight excluding hydrogens is 631 g/mol. The van der Waals surface area contributed by atoms with E-state index in [0.29, 0.717) is 17.5 Å². The third-order valence-electron chi connectivity index (χ3n) is 10.1. The molecule has 0 saturated carbocycles. The van der Waals surface area contributed by atoms with Crippen LogP contribution in [-0.4, -0.2) is 15.0 Å². The van der Waals surface area contributed by atoms with Crippen LogP contribution in [0.3, 0.4) is 0 Å². The van der Waals surface area contributed by atoms with Crippen molar-refractivity contribution in [3.8, 4) is 89.8 Å². The molecule has 1 aromatic heterocycles. The number of fused-ring (bicyclic) bond motifs is 3. The Morgan fingerprint density at radius 2 is 0.615 bits per heavy atom. The summed E-state index contributed by atoms with van der Waals surface area (Å²) in [6.45, 7) is 0. The van der Waals surface area contributed by atoms with Crippen molar-refractivity contribution in [1.29, 1.82) is 0 Å². The first-order valence-corrected chi connectivity index (χ1v) is 17.6. The second-order valence-electron chi connectivity index (χ2n) is 13.2. The maximum absolute atomic E-state index is 4.99. The minimum atomic E-state index is 0.643. The molecule has 0 atom stereocenters. The Balaban J connectivity index is 1.10. The van der Waals surface area contributed by atoms with E-state index in [9.17, 15) is 0 Å². The fraction of sp³-hybridized carbons (Fsp3) is 0. The highest BCUT2D eigenvalue weighted by Gasteiger charge is 2.24. The SMILES string of the molecule is c1ccc(-c2nc(-c3ccccc3)nc(-c3cccc(-c4cccc(-c5cc6c(cc5-c5ccccc5)-c5cccc7cccc-6c57)c4)c3)n2)cc1. The van der Waals surface area contributed by atoms with Gasteiger partial charge in [0.2, 0.25) is 0 Å². The molecule has 1 aliphatic rings. The Morgan fingerprint density at radius 3 is 1.15 bits per heavy atom. The zero-order valence-electron chi connectivity index (χ0n) is 28.2. The van der Waals surface area contributed by atoms with Crippen molar-refractivity contribution in [1.82, 2.24) is 15.0 Å². The number of hydrogen-bond donors (Lipinski definition) is 0. The molecule has 1 heterocycles. The van der Waals surface area contributed by atoms with Crippen LogP contribution in [0.5, 0.6) is 0 Å². The Morgan fingerprint density at radius 1 is 0.231 bits per heavy atom. The molecule has 0 aliphatic heterocycles. The zero-order valence-corrected chi connectivity index (χ0v) is 28.2. The second-order valence-corrected chi connectivity index (χ2v) is 13.2. The molecule has 0 saturated heterocycles. The van der Waals surface area contributed by atoms with Crippen LogP contribution >= 0.6 is 0 Å². The lowest BCUT2D eigenvalue weighted by Crippen LogP contribution is -2.00. The Kier molecular flexibility index (Phi) is 7.14. The van der Waals surface area contributed by atoms with E-state index in [1.54, 1.807) is 0 Å². The van der Waals surface area contributed by atoms with Crippen LogP contribution in [0.15, 0.2) is 188 Å². The molecule has 10 rings (SSSR count). The average molecular weight is 662 g/mol. The Labute approximate surface area is 302 Å². The highest BCUT2D eigenvalue weighted by atomic mass is 15.0. The Bertz CT molecular complexity index is 2710. The van der Waals surface area contributed by atoms with Crippen molar-refractivity contribution in [2.75, 3.05) is 0 Å². The summed E-state index contributed by atoms with van der Waals surface area (Å²) in [5.41, 5.74) is 15.1. The molecule has 3 heteroatoms. The fourth-order valence-corrected chi connectivity index (χ4v) is 7.57. The number of rotatable bonds is 6. The molecule has 3 nitrogen and oxygen atoms in total. The van der Waals surface area contributed by atoms with E-state index in [-0.39, 0.29) is 0 Å². The van der Waals surface area contributed by atoms with E-state index in [2.05, 4.69) is 127 Å². The van der Waals surface area contributed by atoms with Crippen molar-refractivity contribution in [3.05, 3.63) is 188 Å². The molecule has 0 N–H and O–H groups in total. The maximum Gasteiger partial charge on any atom is 0.164 e. The van der Waals surface area contributed by atoms with Crippen LogP contribution in [0.4, 0.5) is 0 Å². The molecule has 0 radical (unpaired) electrons. The smallest absolute Gasteiger partial charge is 0.164 e. The van der Waals surface area contributed by atoms with Gasteiger partial charge in [0.05, 0.1) is 0 Å². The van der Waals surface area contributed by atoms with E-state index in [4.69, 9.17) is 15.0 Å². The van der Waals surface area contributed by atoms with Crippen LogP contribution in [-0.2, 0) is 0 Å². The largest absolute Gasteiger partial charge is 0.208 e. The van der Waals surface area contributed by atoms with Crippen molar-refractivity contribution >= 4 is 10.8 Å². The van der Waals surface area contributed by atoms with Crippen LogP contribution in [0.1, 0.15) is 0 Å². The van der Waals surface area contributed by atoms with Gasteiger partial charge in [0.1, 0.15) is 0 Å². The fourth-order valence-electron chi connectivity index (χ4n) is 7.57. The third-order valence-corrected chi connectivity index (χ3v) is 10.1. The van der Waals surface area contributed by atoms with Crippen LogP contribution < -0.4 is 0 Å². The van der Waals surface area contributed by atoms with Crippen molar-refractivity contribution in [2.24, 2.45) is 0 Å². The second kappa shape index (κ2) is 12.4. The lowest BCUT2D eigenvalue weighted by molar-refractivity contribution is 1.07. The van der Waals surface area contributed by atoms with Crippen LogP contribution in [0.2, 0.25) is 0 Å². The first-order chi connectivity index (χ1) is 25.8. The molecule has 0 unspecified atom stereocenters. The van der Waals surface area contributed by atoms with E-state index in [1.807, 2.05) is 60.7 Å². The lowest BCUT2D eigenvalue weighted by Gasteiger charge is -2.16. The zero-order chi connectivity index (χ0) is 34.4. The summed E-state index contributed by atoms with van der Waals surface area (Å²) in [6.07, 6.45) is 0. The predicted molar refractivity (Wildman–Crippen MR) is 214 cm³/mol. The summed E-state index contributed by atoms with van der Waals surface area (Å²) in [5, 5.41) is 2.62. The minimum Gasteiger partial charge on any atom is -0.208 e. The lowest BCUT2D eigenvalue weighted by atomic mass is 9.88. The number of aromatic nitrogens is 3. The van der Waals surface area contributed by atoms with Gasteiger partial charge in [-0.3, -0.25) is 0 Å². The molecule has 0 bridgehead atoms. The standard InChI is InChI=1S/C49H31N3/c1-4-14-32(15-5-1)42-30-44-40-26-12-20-33-21-13-27-41(46(33)40)45(44)31-43(42)38-24-10-22-36(28-38)37-23-11-25-39(29-37)49-51-47(34-16-6-2-7-17-34)50-48(52-49)35-18-8-3-9-19-35/h1-31H. The van der Waals surface area contributed by atoms with Crippen molar-refractivity contribution in [2.45, 2.75) is 0 Å². The molecule has 52 heavy (non-hydrogen) atoms. The maximum atomic E-state index is 4.99. The summed E-state index contributed by atoms with van der Waals surface area (Å²) in [4.78, 5) is 14.9. The first-order valence-electron chi connectivity index (χ1n) is 17.6. The summed E-state index contributed by atoms with van der Waals surface area (Å²) in [6, 6.07) is 66.5. The topological polar surface area (TPSA) is 38.7 Å². The number of hydrogen-bond acceptors (Lipinski definition) is 3. The van der Waals surface area contributed by atoms with Crippen molar-refractivity contribution in [3.63, 3.8) is 0 Å². The van der Waals surface area contributed by atoms with E-state index in [0.717, 1.165) is 27.8 Å². The molecule has 8 aromatic carbocycles. The van der Waals surface area contributed by atoms with Crippen LogP contribution in [0.25, 0.3) is 101 Å². The molecule has 242 valence electrons. The highest BCUT2D eigenvalue weighted by Crippen LogP contribution is 2.51. The van der Waals surface area contributed by atoms with Gasteiger partial charge in [-0.05, 0) is 90.7 Å². The van der Waals surface area contributed by atoms with Crippen molar-refractivity contribution < 1.29 is 0 Å². The summed E-state index contributed by atoms with van der Waals surface area (Å²) < 4.78 is 0. The van der Waals surface area contributed by atoms with E-state index in [1.165, 1.54) is 55.3 Å². The molecular formula is C49H31N3. The van der Waals surface area contributed by atoms with Gasteiger partial charge in [-0.2, -0.15) is 0 Å². The van der Waals surface area contributed by atoms with Gasteiger partial charge in [-0.25, -0.2) is 15.0 Å². The highest BCUT2D eigenvalue weighted by molar-refractivity contribution is 6.16. The summed E-state index contributed by atoms with van der Waals surface area (Å²) in [7, 11) is 0. The normalized spacial score (nSPS) is 11.5. The van der Waals surface area contributed by atoms with Gasteiger partial charge in [0.15, 0.2) is 17.5 Å². The van der Waals surface area contributed by atoms with Gasteiger partial charge < -0.3 is 0 Å². The average Bonchev–Trinajstić information content (AvgIpc) is 3.55. The molecule has 1 aliphatic carbocycles. The molecule has 9 aromatic rings. The van der Waals surface area contributed by atoms with Gasteiger partial charge >= 0.3 is 0 Å². The number of nitrogens with zero attached hydrogens (tertiary/aromatic N) is 3. The summed E-state index contributed by atoms with van der Waals surface area (Å²) in [5.74, 6) is 1.95. The third kappa shape index (κ3) is 5.19. The van der Waals surface area contributed by atoms with E-state index >= 15 is 0 Å². The van der Waals surface area contributed by atoms with Gasteiger partial charge in [0, 0.05) is 16.7 Å². The van der Waals surface area contributed by atoms with Gasteiger partial charge in [0.25, 0.3) is 0 Å². The quantitative estimate of drug-likeness (QED) is 0.178. The number of benzene rings is 8. The molecule has 0 spiro atoms.